The summed E-state index contributed by atoms with van der Waals surface area (Å²) in [6.45, 7) is 0. The molecule has 0 atom stereocenters. The fourth-order valence-corrected chi connectivity index (χ4v) is 1.67. The van der Waals surface area contributed by atoms with Crippen LogP contribution in [0.4, 0.5) is 5.69 Å². The van der Waals surface area contributed by atoms with Crippen molar-refractivity contribution in [2.24, 2.45) is 0 Å². The van der Waals surface area contributed by atoms with E-state index in [2.05, 4.69) is 26.1 Å². The second kappa shape index (κ2) is 4.18. The van der Waals surface area contributed by atoms with Crippen LogP contribution in [-0.4, -0.2) is 15.1 Å². The predicted molar refractivity (Wildman–Crippen MR) is 59.1 cm³/mol. The molecule has 0 saturated carbocycles. The van der Waals surface area contributed by atoms with Crippen molar-refractivity contribution in [1.82, 2.24) is 10.1 Å². The van der Waals surface area contributed by atoms with E-state index in [9.17, 15) is 10.1 Å². The van der Waals surface area contributed by atoms with E-state index in [-0.39, 0.29) is 26.9 Å². The lowest BCUT2D eigenvalue weighted by Gasteiger charge is -1.99. The van der Waals surface area contributed by atoms with E-state index in [4.69, 9.17) is 16.1 Å². The Balaban J connectivity index is 2.67. The van der Waals surface area contributed by atoms with Gasteiger partial charge < -0.3 is 4.52 Å². The standard InChI is InChI=1S/C8H3BrClN3O3/c9-8-11-7(16-12-8)6-4(10)2-1-3-5(6)13(14)15/h1-3H. The van der Waals surface area contributed by atoms with Gasteiger partial charge in [-0.25, -0.2) is 0 Å². The normalized spacial score (nSPS) is 10.4. The zero-order chi connectivity index (χ0) is 11.7. The maximum Gasteiger partial charge on any atom is 0.283 e. The van der Waals surface area contributed by atoms with Gasteiger partial charge in [-0.3, -0.25) is 10.1 Å². The SMILES string of the molecule is O=[N+]([O-])c1cccc(Cl)c1-c1nc(Br)no1. The molecule has 0 spiro atoms. The molecule has 0 N–H and O–H groups in total. The lowest BCUT2D eigenvalue weighted by Crippen LogP contribution is -1.92. The first-order chi connectivity index (χ1) is 7.59. The van der Waals surface area contributed by atoms with Crippen molar-refractivity contribution in [2.45, 2.75) is 0 Å². The highest BCUT2D eigenvalue weighted by molar-refractivity contribution is 9.10. The maximum absolute atomic E-state index is 10.8. The molecule has 0 unspecified atom stereocenters. The molecular formula is C8H3BrClN3O3. The minimum Gasteiger partial charge on any atom is -0.333 e. The van der Waals surface area contributed by atoms with Gasteiger partial charge in [-0.15, -0.1) is 0 Å². The van der Waals surface area contributed by atoms with Crippen molar-refractivity contribution in [3.63, 3.8) is 0 Å². The van der Waals surface area contributed by atoms with Gasteiger partial charge in [0.25, 0.3) is 11.6 Å². The van der Waals surface area contributed by atoms with E-state index in [1.54, 1.807) is 0 Å². The van der Waals surface area contributed by atoms with Crippen molar-refractivity contribution < 1.29 is 9.45 Å². The van der Waals surface area contributed by atoms with Crippen LogP contribution < -0.4 is 0 Å². The van der Waals surface area contributed by atoms with Gasteiger partial charge >= 0.3 is 0 Å². The average molecular weight is 304 g/mol. The molecule has 0 saturated heterocycles. The molecule has 0 radical (unpaired) electrons. The van der Waals surface area contributed by atoms with E-state index in [1.165, 1.54) is 18.2 Å². The van der Waals surface area contributed by atoms with Gasteiger partial charge in [0.2, 0.25) is 4.73 Å². The molecule has 0 aliphatic heterocycles. The molecule has 0 fully saturated rings. The number of benzene rings is 1. The molecule has 2 aromatic rings. The smallest absolute Gasteiger partial charge is 0.283 e. The van der Waals surface area contributed by atoms with Crippen molar-refractivity contribution in [3.8, 4) is 11.5 Å². The number of hydrogen-bond donors (Lipinski definition) is 0. The first-order valence-corrected chi connectivity index (χ1v) is 5.19. The molecule has 1 aromatic carbocycles. The Kier molecular flexibility index (Phi) is 2.88. The predicted octanol–water partition coefficient (Wildman–Crippen LogP) is 3.06. The minimum absolute atomic E-state index is 0.00387. The third kappa shape index (κ3) is 1.91. The summed E-state index contributed by atoms with van der Waals surface area (Å²) in [5.41, 5.74) is -0.0592. The van der Waals surface area contributed by atoms with Crippen LogP contribution in [0.3, 0.4) is 0 Å². The topological polar surface area (TPSA) is 82.1 Å². The van der Waals surface area contributed by atoms with Gasteiger partial charge in [0.15, 0.2) is 0 Å². The summed E-state index contributed by atoms with van der Waals surface area (Å²) in [5.74, 6) is 0.00387. The summed E-state index contributed by atoms with van der Waals surface area (Å²) in [6.07, 6.45) is 0. The lowest BCUT2D eigenvalue weighted by molar-refractivity contribution is -0.384. The van der Waals surface area contributed by atoms with Crippen LogP contribution in [0.15, 0.2) is 27.5 Å². The lowest BCUT2D eigenvalue weighted by atomic mass is 10.2. The Morgan fingerprint density at radius 3 is 2.81 bits per heavy atom. The fourth-order valence-electron chi connectivity index (χ4n) is 1.18. The van der Waals surface area contributed by atoms with Crippen molar-refractivity contribution >= 4 is 33.2 Å². The Morgan fingerprint density at radius 2 is 2.25 bits per heavy atom. The number of nitrogens with zero attached hydrogens (tertiary/aromatic N) is 3. The van der Waals surface area contributed by atoms with E-state index in [0.29, 0.717) is 0 Å². The Labute approximate surface area is 102 Å². The van der Waals surface area contributed by atoms with Crippen LogP contribution in [0.5, 0.6) is 0 Å². The summed E-state index contributed by atoms with van der Waals surface area (Å²) in [5, 5.41) is 14.5. The van der Waals surface area contributed by atoms with Crippen molar-refractivity contribution in [2.75, 3.05) is 0 Å². The number of nitro benzene ring substituents is 1. The molecule has 0 amide bonds. The van der Waals surface area contributed by atoms with Crippen LogP contribution in [0.1, 0.15) is 0 Å². The molecule has 82 valence electrons. The van der Waals surface area contributed by atoms with Crippen LogP contribution in [0.2, 0.25) is 5.02 Å². The van der Waals surface area contributed by atoms with Gasteiger partial charge in [-0.2, -0.15) is 4.98 Å². The second-order valence-corrected chi connectivity index (χ2v) is 3.88. The summed E-state index contributed by atoms with van der Waals surface area (Å²) in [7, 11) is 0. The third-order valence-electron chi connectivity index (χ3n) is 1.80. The molecule has 8 heteroatoms. The molecular weight excluding hydrogens is 301 g/mol. The molecule has 1 heterocycles. The van der Waals surface area contributed by atoms with E-state index in [0.717, 1.165) is 0 Å². The van der Waals surface area contributed by atoms with Crippen LogP contribution in [-0.2, 0) is 0 Å². The molecule has 0 bridgehead atoms. The summed E-state index contributed by atoms with van der Waals surface area (Å²) >= 11 is 8.86. The monoisotopic (exact) mass is 303 g/mol. The van der Waals surface area contributed by atoms with Gasteiger partial charge in [0.05, 0.1) is 9.95 Å². The molecule has 6 nitrogen and oxygen atoms in total. The van der Waals surface area contributed by atoms with Gasteiger partial charge in [-0.1, -0.05) is 17.7 Å². The van der Waals surface area contributed by atoms with Crippen molar-refractivity contribution in [1.29, 1.82) is 0 Å². The highest BCUT2D eigenvalue weighted by Crippen LogP contribution is 2.35. The van der Waals surface area contributed by atoms with E-state index < -0.39 is 4.92 Å². The van der Waals surface area contributed by atoms with Crippen LogP contribution in [0, 0.1) is 10.1 Å². The zero-order valence-corrected chi connectivity index (χ0v) is 9.90. The minimum atomic E-state index is -0.556. The molecule has 0 aliphatic carbocycles. The Morgan fingerprint density at radius 1 is 1.50 bits per heavy atom. The molecule has 0 aliphatic rings. The number of rotatable bonds is 2. The quantitative estimate of drug-likeness (QED) is 0.629. The highest BCUT2D eigenvalue weighted by atomic mass is 79.9. The van der Waals surface area contributed by atoms with Gasteiger partial charge in [0, 0.05) is 6.07 Å². The number of hydrogen-bond acceptors (Lipinski definition) is 5. The summed E-state index contributed by atoms with van der Waals surface area (Å²) in [6, 6.07) is 4.32. The van der Waals surface area contributed by atoms with Crippen LogP contribution >= 0.6 is 27.5 Å². The summed E-state index contributed by atoms with van der Waals surface area (Å²) in [4.78, 5) is 14.1. The second-order valence-electron chi connectivity index (χ2n) is 2.76. The molecule has 16 heavy (non-hydrogen) atoms. The zero-order valence-electron chi connectivity index (χ0n) is 7.55. The number of nitro groups is 1. The van der Waals surface area contributed by atoms with E-state index >= 15 is 0 Å². The highest BCUT2D eigenvalue weighted by Gasteiger charge is 2.23. The maximum atomic E-state index is 10.8. The first kappa shape index (κ1) is 11.0. The number of halogens is 2. The Hall–Kier alpha value is -1.47. The largest absolute Gasteiger partial charge is 0.333 e. The summed E-state index contributed by atoms with van der Waals surface area (Å²) < 4.78 is 5.03. The molecule has 2 rings (SSSR count). The first-order valence-electron chi connectivity index (χ1n) is 4.02. The third-order valence-corrected chi connectivity index (χ3v) is 2.44. The van der Waals surface area contributed by atoms with Gasteiger partial charge in [-0.05, 0) is 27.2 Å². The molecule has 1 aromatic heterocycles. The van der Waals surface area contributed by atoms with Crippen molar-refractivity contribution in [3.05, 3.63) is 38.1 Å². The number of aromatic nitrogens is 2. The van der Waals surface area contributed by atoms with E-state index in [1.807, 2.05) is 0 Å². The van der Waals surface area contributed by atoms with Crippen LogP contribution in [0.25, 0.3) is 11.5 Å². The average Bonchev–Trinajstić information content (AvgIpc) is 2.64. The Bertz CT molecular complexity index is 557. The van der Waals surface area contributed by atoms with Gasteiger partial charge in [0.1, 0.15) is 5.56 Å². The fraction of sp³-hybridized carbons (Fsp3) is 0.